The largest absolute Gasteiger partial charge is 0.497 e. The van der Waals surface area contributed by atoms with Crippen LogP contribution in [0.15, 0.2) is 60.7 Å². The number of fused-ring (bicyclic) bond motifs is 1. The Bertz CT molecular complexity index is 1110. The van der Waals surface area contributed by atoms with Crippen molar-refractivity contribution in [3.8, 4) is 5.75 Å². The van der Waals surface area contributed by atoms with Crippen molar-refractivity contribution in [3.05, 3.63) is 71.8 Å². The third kappa shape index (κ3) is 4.55. The summed E-state index contributed by atoms with van der Waals surface area (Å²) in [6, 6.07) is 19.3. The summed E-state index contributed by atoms with van der Waals surface area (Å²) in [6.45, 7) is 3.18. The lowest BCUT2D eigenvalue weighted by molar-refractivity contribution is 0.0851. The van der Waals surface area contributed by atoms with E-state index in [1.165, 1.54) is 0 Å². The summed E-state index contributed by atoms with van der Waals surface area (Å²) in [6.07, 6.45) is 2.48. The van der Waals surface area contributed by atoms with Crippen LogP contribution in [-0.2, 0) is 6.42 Å². The number of carbonyl (C=O) groups is 2. The first-order chi connectivity index (χ1) is 15.1. The molecule has 1 unspecified atom stereocenters. The number of aryl methyl sites for hydroxylation is 1. The number of amides is 2. The number of Topliss-reactive ketones (excluding diaryl/α,β-unsaturated/α-hetero) is 1. The molecule has 160 valence electrons. The number of likely N-dealkylation sites (tertiary alicyclic amines) is 1. The van der Waals surface area contributed by atoms with Crippen LogP contribution in [0.3, 0.4) is 0 Å². The Morgan fingerprint density at radius 3 is 2.65 bits per heavy atom. The van der Waals surface area contributed by atoms with Gasteiger partial charge in [0.15, 0.2) is 5.78 Å². The van der Waals surface area contributed by atoms with Crippen molar-refractivity contribution < 1.29 is 14.3 Å². The van der Waals surface area contributed by atoms with Gasteiger partial charge in [0.05, 0.1) is 7.11 Å². The number of carbonyl (C=O) groups excluding carboxylic acids is 2. The average molecular weight is 417 g/mol. The fraction of sp³-hybridized carbons (Fsp3) is 0.308. The molecule has 0 aliphatic carbocycles. The maximum absolute atomic E-state index is 13.2. The van der Waals surface area contributed by atoms with E-state index in [9.17, 15) is 9.59 Å². The van der Waals surface area contributed by atoms with Crippen molar-refractivity contribution in [2.75, 3.05) is 25.5 Å². The number of urea groups is 1. The Morgan fingerprint density at radius 1 is 1.06 bits per heavy atom. The Balaban J connectivity index is 1.47. The first-order valence-electron chi connectivity index (χ1n) is 10.8. The number of ketones is 1. The van der Waals surface area contributed by atoms with Gasteiger partial charge in [-0.2, -0.15) is 0 Å². The highest BCUT2D eigenvalue weighted by Crippen LogP contribution is 2.26. The Labute approximate surface area is 183 Å². The molecule has 0 aromatic heterocycles. The van der Waals surface area contributed by atoms with Crippen LogP contribution in [0, 0.1) is 5.92 Å². The van der Waals surface area contributed by atoms with Gasteiger partial charge in [-0.3, -0.25) is 4.79 Å². The van der Waals surface area contributed by atoms with E-state index >= 15 is 0 Å². The van der Waals surface area contributed by atoms with E-state index in [1.807, 2.05) is 60.7 Å². The molecule has 1 atom stereocenters. The minimum Gasteiger partial charge on any atom is -0.497 e. The number of ether oxygens (including phenoxy) is 1. The van der Waals surface area contributed by atoms with E-state index in [4.69, 9.17) is 4.74 Å². The molecule has 4 rings (SSSR count). The van der Waals surface area contributed by atoms with Crippen LogP contribution < -0.4 is 10.1 Å². The first kappa shape index (κ1) is 20.9. The zero-order valence-corrected chi connectivity index (χ0v) is 18.1. The summed E-state index contributed by atoms with van der Waals surface area (Å²) in [4.78, 5) is 27.8. The molecule has 0 spiro atoms. The highest BCUT2D eigenvalue weighted by Gasteiger charge is 2.29. The molecular weight excluding hydrogens is 388 g/mol. The van der Waals surface area contributed by atoms with Crippen LogP contribution in [0.5, 0.6) is 5.75 Å². The topological polar surface area (TPSA) is 58.6 Å². The normalized spacial score (nSPS) is 16.2. The molecule has 5 heteroatoms. The summed E-state index contributed by atoms with van der Waals surface area (Å²) >= 11 is 0. The molecule has 1 N–H and O–H groups in total. The van der Waals surface area contributed by atoms with Crippen molar-refractivity contribution in [1.29, 1.82) is 0 Å². The monoisotopic (exact) mass is 416 g/mol. The molecule has 31 heavy (non-hydrogen) atoms. The lowest BCUT2D eigenvalue weighted by Crippen LogP contribution is -2.44. The van der Waals surface area contributed by atoms with Gasteiger partial charge in [0.2, 0.25) is 0 Å². The third-order valence-electron chi connectivity index (χ3n) is 6.05. The number of anilines is 1. The van der Waals surface area contributed by atoms with Gasteiger partial charge in [0, 0.05) is 30.3 Å². The van der Waals surface area contributed by atoms with Crippen molar-refractivity contribution >= 4 is 28.3 Å². The molecule has 1 saturated heterocycles. The van der Waals surface area contributed by atoms with E-state index in [0.29, 0.717) is 18.7 Å². The lowest BCUT2D eigenvalue weighted by atomic mass is 9.89. The molecule has 1 aliphatic rings. The van der Waals surface area contributed by atoms with Crippen LogP contribution in [0.2, 0.25) is 0 Å². The van der Waals surface area contributed by atoms with E-state index < -0.39 is 0 Å². The molecule has 0 saturated carbocycles. The quantitative estimate of drug-likeness (QED) is 0.556. The zero-order valence-electron chi connectivity index (χ0n) is 18.1. The van der Waals surface area contributed by atoms with Crippen molar-refractivity contribution in [2.45, 2.75) is 26.2 Å². The third-order valence-corrected chi connectivity index (χ3v) is 6.05. The Hall–Kier alpha value is -3.34. The second-order valence-corrected chi connectivity index (χ2v) is 8.02. The van der Waals surface area contributed by atoms with Crippen LogP contribution in [0.1, 0.15) is 35.7 Å². The number of piperidine rings is 1. The summed E-state index contributed by atoms with van der Waals surface area (Å²) < 4.78 is 5.28. The first-order valence-corrected chi connectivity index (χ1v) is 10.8. The molecule has 0 bridgehead atoms. The van der Waals surface area contributed by atoms with Gasteiger partial charge in [-0.05, 0) is 59.9 Å². The van der Waals surface area contributed by atoms with Gasteiger partial charge in [-0.15, -0.1) is 0 Å². The van der Waals surface area contributed by atoms with Gasteiger partial charge in [-0.25, -0.2) is 4.79 Å². The lowest BCUT2D eigenvalue weighted by Gasteiger charge is -2.32. The molecule has 1 aliphatic heterocycles. The second-order valence-electron chi connectivity index (χ2n) is 8.02. The van der Waals surface area contributed by atoms with E-state index in [2.05, 4.69) is 12.2 Å². The molecule has 2 amide bonds. The molecule has 3 aromatic carbocycles. The van der Waals surface area contributed by atoms with Gasteiger partial charge in [0.25, 0.3) is 0 Å². The molecular formula is C26H28N2O3. The Morgan fingerprint density at radius 2 is 1.84 bits per heavy atom. The minimum atomic E-state index is -0.184. The minimum absolute atomic E-state index is 0.101. The smallest absolute Gasteiger partial charge is 0.321 e. The van der Waals surface area contributed by atoms with Gasteiger partial charge < -0.3 is 15.0 Å². The SMILES string of the molecule is CCc1ccccc1NC(=O)N1CCCC(C(=O)c2ccc3cc(OC)ccc3c2)C1. The van der Waals surface area contributed by atoms with Gasteiger partial charge in [-0.1, -0.05) is 43.3 Å². The highest BCUT2D eigenvalue weighted by molar-refractivity contribution is 6.02. The fourth-order valence-corrected chi connectivity index (χ4v) is 4.26. The van der Waals surface area contributed by atoms with Gasteiger partial charge in [0.1, 0.15) is 5.75 Å². The summed E-state index contributed by atoms with van der Waals surface area (Å²) in [5.74, 6) is 0.714. The maximum Gasteiger partial charge on any atom is 0.321 e. The number of methoxy groups -OCH3 is 1. The molecule has 5 nitrogen and oxygen atoms in total. The summed E-state index contributed by atoms with van der Waals surface area (Å²) in [7, 11) is 1.64. The molecule has 1 fully saturated rings. The Kier molecular flexibility index (Phi) is 6.21. The van der Waals surface area contributed by atoms with Crippen LogP contribution in [0.4, 0.5) is 10.5 Å². The summed E-state index contributed by atoms with van der Waals surface area (Å²) in [5, 5.41) is 5.07. The number of rotatable bonds is 5. The predicted molar refractivity (Wildman–Crippen MR) is 124 cm³/mol. The van der Waals surface area contributed by atoms with Gasteiger partial charge >= 0.3 is 6.03 Å². The predicted octanol–water partition coefficient (Wildman–Crippen LogP) is 5.54. The molecule has 0 radical (unpaired) electrons. The van der Waals surface area contributed by atoms with Crippen LogP contribution >= 0.6 is 0 Å². The number of nitrogens with zero attached hydrogens (tertiary/aromatic N) is 1. The molecule has 1 heterocycles. The number of para-hydroxylation sites is 1. The maximum atomic E-state index is 13.2. The standard InChI is InChI=1S/C26H28N2O3/c1-3-18-7-4-5-9-24(18)27-26(30)28-14-6-8-22(17-28)25(29)21-11-10-20-16-23(31-2)13-12-19(20)15-21/h4-5,7,9-13,15-16,22H,3,6,8,14,17H2,1-2H3,(H,27,30). The second kappa shape index (κ2) is 9.21. The van der Waals surface area contributed by atoms with E-state index in [0.717, 1.165) is 47.0 Å². The summed E-state index contributed by atoms with van der Waals surface area (Å²) in [5.41, 5.74) is 2.64. The zero-order chi connectivity index (χ0) is 21.8. The van der Waals surface area contributed by atoms with Crippen molar-refractivity contribution in [2.24, 2.45) is 5.92 Å². The van der Waals surface area contributed by atoms with Crippen molar-refractivity contribution in [3.63, 3.8) is 0 Å². The van der Waals surface area contributed by atoms with Crippen LogP contribution in [-0.4, -0.2) is 36.9 Å². The number of hydrogen-bond donors (Lipinski definition) is 1. The van der Waals surface area contributed by atoms with Crippen molar-refractivity contribution in [1.82, 2.24) is 4.90 Å². The van der Waals surface area contributed by atoms with E-state index in [1.54, 1.807) is 12.0 Å². The molecule has 3 aromatic rings. The van der Waals surface area contributed by atoms with Crippen LogP contribution in [0.25, 0.3) is 10.8 Å². The fourth-order valence-electron chi connectivity index (χ4n) is 4.26. The average Bonchev–Trinajstić information content (AvgIpc) is 2.83. The number of benzene rings is 3. The number of hydrogen-bond acceptors (Lipinski definition) is 3. The van der Waals surface area contributed by atoms with E-state index in [-0.39, 0.29) is 17.7 Å². The highest BCUT2D eigenvalue weighted by atomic mass is 16.5. The number of nitrogens with one attached hydrogen (secondary N) is 1.